The molecular weight excluding hydrogens is 310 g/mol. The first kappa shape index (κ1) is 16.6. The van der Waals surface area contributed by atoms with Crippen LogP contribution in [0.25, 0.3) is 0 Å². The van der Waals surface area contributed by atoms with E-state index in [1.165, 1.54) is 12.1 Å². The zero-order valence-corrected chi connectivity index (χ0v) is 13.9. The minimum absolute atomic E-state index is 0.0229. The Morgan fingerprint density at radius 3 is 2.21 bits per heavy atom. The van der Waals surface area contributed by atoms with Gasteiger partial charge in [-0.05, 0) is 44.4 Å². The average molecular weight is 331 g/mol. The summed E-state index contributed by atoms with van der Waals surface area (Å²) in [5, 5.41) is 10.8. The normalized spacial score (nSPS) is 25.3. The third-order valence-electron chi connectivity index (χ3n) is 5.41. The van der Waals surface area contributed by atoms with Gasteiger partial charge in [-0.15, -0.1) is 0 Å². The van der Waals surface area contributed by atoms with Crippen LogP contribution in [0.1, 0.15) is 57.6 Å². The van der Waals surface area contributed by atoms with E-state index in [0.717, 1.165) is 19.3 Å². The van der Waals surface area contributed by atoms with Crippen molar-refractivity contribution in [2.75, 3.05) is 0 Å². The Hall–Kier alpha value is -2.24. The molecule has 0 N–H and O–H groups in total. The minimum Gasteiger partial charge on any atom is -0.456 e. The minimum atomic E-state index is -1.14. The number of nitro benzene ring substituents is 1. The van der Waals surface area contributed by atoms with Gasteiger partial charge in [0.15, 0.2) is 5.78 Å². The van der Waals surface area contributed by atoms with E-state index in [4.69, 9.17) is 4.74 Å². The monoisotopic (exact) mass is 331 g/mol. The van der Waals surface area contributed by atoms with Crippen LogP contribution in [0.4, 0.5) is 5.69 Å². The van der Waals surface area contributed by atoms with E-state index in [0.29, 0.717) is 18.4 Å². The molecule has 3 rings (SSSR count). The van der Waals surface area contributed by atoms with Crippen LogP contribution in [-0.4, -0.2) is 16.7 Å². The molecule has 0 radical (unpaired) electrons. The van der Waals surface area contributed by atoms with Crippen molar-refractivity contribution in [3.63, 3.8) is 0 Å². The second-order valence-corrected chi connectivity index (χ2v) is 7.30. The van der Waals surface area contributed by atoms with E-state index in [-0.39, 0.29) is 11.5 Å². The second kappa shape index (κ2) is 5.69. The highest BCUT2D eigenvalue weighted by Crippen LogP contribution is 2.55. The van der Waals surface area contributed by atoms with Crippen LogP contribution in [0, 0.1) is 20.9 Å². The van der Waals surface area contributed by atoms with Gasteiger partial charge < -0.3 is 4.74 Å². The Balaban J connectivity index is 2.05. The predicted octanol–water partition coefficient (Wildman–Crippen LogP) is 3.74. The number of nitro groups is 1. The maximum Gasteiger partial charge on any atom is 0.319 e. The van der Waals surface area contributed by atoms with Crippen molar-refractivity contribution in [3.8, 4) is 0 Å². The number of carbonyl (C=O) groups excluding carboxylic acids is 2. The SMILES string of the molecule is CC1(C)C(=O)O[C@H](c2ccc([N+](=O)[O-])cc2)C2(CCCCC2)C1=O. The van der Waals surface area contributed by atoms with Gasteiger partial charge in [0, 0.05) is 12.1 Å². The number of Topliss-reactive ketones (excluding diaryl/α,β-unsaturated/α-hetero) is 1. The smallest absolute Gasteiger partial charge is 0.319 e. The lowest BCUT2D eigenvalue weighted by Crippen LogP contribution is -2.55. The number of rotatable bonds is 2. The number of hydrogen-bond acceptors (Lipinski definition) is 5. The van der Waals surface area contributed by atoms with Crippen molar-refractivity contribution in [2.45, 2.75) is 52.1 Å². The molecule has 1 saturated heterocycles. The molecule has 128 valence electrons. The fourth-order valence-corrected chi connectivity index (χ4v) is 4.03. The van der Waals surface area contributed by atoms with Gasteiger partial charge in [-0.2, -0.15) is 0 Å². The molecule has 0 unspecified atom stereocenters. The maximum atomic E-state index is 13.2. The van der Waals surface area contributed by atoms with Crippen molar-refractivity contribution < 1.29 is 19.2 Å². The lowest BCUT2D eigenvalue weighted by Gasteiger charge is -2.49. The van der Waals surface area contributed by atoms with Crippen molar-refractivity contribution in [3.05, 3.63) is 39.9 Å². The number of benzene rings is 1. The average Bonchev–Trinajstić information content (AvgIpc) is 2.58. The fourth-order valence-electron chi connectivity index (χ4n) is 4.03. The van der Waals surface area contributed by atoms with E-state index in [1.54, 1.807) is 26.0 Å². The lowest BCUT2D eigenvalue weighted by atomic mass is 9.59. The topological polar surface area (TPSA) is 86.5 Å². The molecule has 6 nitrogen and oxygen atoms in total. The molecule has 0 amide bonds. The number of carbonyl (C=O) groups is 2. The van der Waals surface area contributed by atoms with Crippen LogP contribution in [-0.2, 0) is 14.3 Å². The Labute approximate surface area is 140 Å². The molecule has 1 aliphatic heterocycles. The van der Waals surface area contributed by atoms with E-state index < -0.39 is 27.8 Å². The first-order valence-electron chi connectivity index (χ1n) is 8.29. The summed E-state index contributed by atoms with van der Waals surface area (Å²) >= 11 is 0. The Bertz CT molecular complexity index is 686. The third kappa shape index (κ3) is 2.41. The van der Waals surface area contributed by atoms with Gasteiger partial charge in [-0.25, -0.2) is 0 Å². The molecule has 1 heterocycles. The first-order valence-corrected chi connectivity index (χ1v) is 8.29. The van der Waals surface area contributed by atoms with Crippen LogP contribution in [0.3, 0.4) is 0 Å². The van der Waals surface area contributed by atoms with Crippen LogP contribution in [0.15, 0.2) is 24.3 Å². The van der Waals surface area contributed by atoms with Crippen LogP contribution in [0.2, 0.25) is 0 Å². The number of non-ortho nitro benzene ring substituents is 1. The number of cyclic esters (lactones) is 1. The molecule has 2 aliphatic rings. The highest BCUT2D eigenvalue weighted by molar-refractivity contribution is 6.08. The molecule has 1 aliphatic carbocycles. The van der Waals surface area contributed by atoms with E-state index in [2.05, 4.69) is 0 Å². The number of hydrogen-bond donors (Lipinski definition) is 0. The maximum absolute atomic E-state index is 13.2. The molecule has 1 aromatic rings. The summed E-state index contributed by atoms with van der Waals surface area (Å²) in [6.07, 6.45) is 3.61. The first-order chi connectivity index (χ1) is 11.3. The van der Waals surface area contributed by atoms with E-state index in [9.17, 15) is 19.7 Å². The van der Waals surface area contributed by atoms with Crippen LogP contribution in [0.5, 0.6) is 0 Å². The summed E-state index contributed by atoms with van der Waals surface area (Å²) in [6.45, 7) is 3.25. The molecule has 1 spiro atoms. The predicted molar refractivity (Wildman–Crippen MR) is 86.2 cm³/mol. The zero-order valence-electron chi connectivity index (χ0n) is 13.9. The summed E-state index contributed by atoms with van der Waals surface area (Å²) in [5.74, 6) is -0.582. The largest absolute Gasteiger partial charge is 0.456 e. The van der Waals surface area contributed by atoms with Gasteiger partial charge in [-0.3, -0.25) is 19.7 Å². The number of ether oxygens (including phenoxy) is 1. The van der Waals surface area contributed by atoms with Crippen molar-refractivity contribution in [2.24, 2.45) is 10.8 Å². The van der Waals surface area contributed by atoms with E-state index >= 15 is 0 Å². The molecule has 1 saturated carbocycles. The second-order valence-electron chi connectivity index (χ2n) is 7.30. The third-order valence-corrected chi connectivity index (χ3v) is 5.41. The quantitative estimate of drug-likeness (QED) is 0.356. The summed E-state index contributed by atoms with van der Waals surface area (Å²) in [5.41, 5.74) is -1.23. The molecule has 1 atom stereocenters. The van der Waals surface area contributed by atoms with Gasteiger partial charge in [-0.1, -0.05) is 19.3 Å². The highest BCUT2D eigenvalue weighted by Gasteiger charge is 2.60. The van der Waals surface area contributed by atoms with Gasteiger partial charge in [0.25, 0.3) is 5.69 Å². The number of esters is 1. The van der Waals surface area contributed by atoms with Crippen molar-refractivity contribution >= 4 is 17.4 Å². The summed E-state index contributed by atoms with van der Waals surface area (Å²) in [4.78, 5) is 35.9. The standard InChI is InChI=1S/C18H21NO5/c1-17(2)15(20)18(10-4-3-5-11-18)14(24-16(17)21)12-6-8-13(9-7-12)19(22)23/h6-9,14H,3-5,10-11H2,1-2H3/t14-/m1/s1. The van der Waals surface area contributed by atoms with Gasteiger partial charge in [0.2, 0.25) is 0 Å². The van der Waals surface area contributed by atoms with Crippen molar-refractivity contribution in [1.82, 2.24) is 0 Å². The molecule has 2 fully saturated rings. The van der Waals surface area contributed by atoms with Gasteiger partial charge in [0.05, 0.1) is 10.3 Å². The zero-order chi connectivity index (χ0) is 17.5. The molecule has 0 aromatic heterocycles. The Morgan fingerprint density at radius 1 is 1.08 bits per heavy atom. The molecule has 0 bridgehead atoms. The number of ketones is 1. The number of nitrogens with zero attached hydrogens (tertiary/aromatic N) is 1. The lowest BCUT2D eigenvalue weighted by molar-refractivity contribution is -0.384. The van der Waals surface area contributed by atoms with Crippen molar-refractivity contribution in [1.29, 1.82) is 0 Å². The fraction of sp³-hybridized carbons (Fsp3) is 0.556. The van der Waals surface area contributed by atoms with Gasteiger partial charge >= 0.3 is 5.97 Å². The van der Waals surface area contributed by atoms with Crippen LogP contribution >= 0.6 is 0 Å². The molecule has 24 heavy (non-hydrogen) atoms. The van der Waals surface area contributed by atoms with E-state index in [1.807, 2.05) is 0 Å². The molecular formula is C18H21NO5. The summed E-state index contributed by atoms with van der Waals surface area (Å²) < 4.78 is 5.72. The summed E-state index contributed by atoms with van der Waals surface area (Å²) in [7, 11) is 0. The Kier molecular flexibility index (Phi) is 3.94. The van der Waals surface area contributed by atoms with Crippen LogP contribution < -0.4 is 0 Å². The Morgan fingerprint density at radius 2 is 1.67 bits per heavy atom. The summed E-state index contributed by atoms with van der Waals surface area (Å²) in [6, 6.07) is 5.98. The van der Waals surface area contributed by atoms with Gasteiger partial charge in [0.1, 0.15) is 11.5 Å². The molecule has 6 heteroatoms. The molecule has 1 aromatic carbocycles. The highest BCUT2D eigenvalue weighted by atomic mass is 16.6.